The molecule has 0 aliphatic carbocycles. The third-order valence-corrected chi connectivity index (χ3v) is 2.64. The largest absolute Gasteiger partial charge is 0.496 e. The van der Waals surface area contributed by atoms with E-state index in [4.69, 9.17) is 26.8 Å². The molecule has 100 valence electrons. The molecule has 1 aromatic rings. The Hall–Kier alpha value is -1.46. The molecule has 0 atom stereocenters. The minimum absolute atomic E-state index is 0.274. The maximum Gasteiger partial charge on any atom is 0.342 e. The summed E-state index contributed by atoms with van der Waals surface area (Å²) in [6.45, 7) is 0.952. The third kappa shape index (κ3) is 3.78. The summed E-state index contributed by atoms with van der Waals surface area (Å²) in [4.78, 5) is 13.8. The van der Waals surface area contributed by atoms with E-state index in [1.54, 1.807) is 0 Å². The van der Waals surface area contributed by atoms with Crippen LogP contribution < -0.4 is 10.5 Å². The number of carbonyl (C=O) groups is 1. The van der Waals surface area contributed by atoms with Crippen LogP contribution in [0, 0.1) is 0 Å². The molecule has 0 spiro atoms. The number of methoxy groups -OCH3 is 1. The summed E-state index contributed by atoms with van der Waals surface area (Å²) >= 11 is 5.87. The van der Waals surface area contributed by atoms with Crippen LogP contribution in [0.15, 0.2) is 12.1 Å². The molecule has 1 rings (SSSR count). The highest BCUT2D eigenvalue weighted by Crippen LogP contribution is 2.29. The third-order valence-electron chi connectivity index (χ3n) is 2.31. The second kappa shape index (κ2) is 6.47. The summed E-state index contributed by atoms with van der Waals surface area (Å²) in [7, 11) is 5.25. The monoisotopic (exact) mass is 272 g/mol. The highest BCUT2D eigenvalue weighted by molar-refractivity contribution is 6.33. The first-order valence-electron chi connectivity index (χ1n) is 5.40. The first-order chi connectivity index (χ1) is 8.45. The van der Waals surface area contributed by atoms with Gasteiger partial charge in [0.25, 0.3) is 0 Å². The van der Waals surface area contributed by atoms with Gasteiger partial charge in [-0.25, -0.2) is 4.79 Å². The molecular weight excluding hydrogens is 256 g/mol. The summed E-state index contributed by atoms with van der Waals surface area (Å²) in [5.74, 6) is -0.123. The summed E-state index contributed by atoms with van der Waals surface area (Å²) in [6, 6.07) is 2.96. The molecule has 1 aromatic carbocycles. The standard InChI is InChI=1S/C12H17ClN2O3/c1-15(2)4-5-18-12(16)8-6-9(13)10(14)7-11(8)17-3/h6-7H,4-5,14H2,1-3H3. The Labute approximate surface area is 111 Å². The van der Waals surface area contributed by atoms with E-state index in [0.29, 0.717) is 29.6 Å². The predicted molar refractivity (Wildman–Crippen MR) is 71.3 cm³/mol. The average molecular weight is 273 g/mol. The van der Waals surface area contributed by atoms with Crippen molar-refractivity contribution in [3.8, 4) is 5.75 Å². The molecule has 0 aliphatic rings. The van der Waals surface area contributed by atoms with E-state index < -0.39 is 5.97 Å². The van der Waals surface area contributed by atoms with Gasteiger partial charge in [0.2, 0.25) is 0 Å². The van der Waals surface area contributed by atoms with Gasteiger partial charge < -0.3 is 20.1 Å². The fourth-order valence-electron chi connectivity index (χ4n) is 1.30. The van der Waals surface area contributed by atoms with Crippen molar-refractivity contribution in [2.24, 2.45) is 0 Å². The Balaban J connectivity index is 2.81. The molecule has 0 saturated heterocycles. The van der Waals surface area contributed by atoms with Gasteiger partial charge in [0, 0.05) is 12.6 Å². The van der Waals surface area contributed by atoms with Crippen molar-refractivity contribution in [3.05, 3.63) is 22.7 Å². The molecule has 0 aromatic heterocycles. The first kappa shape index (κ1) is 14.6. The average Bonchev–Trinajstić information content (AvgIpc) is 2.31. The van der Waals surface area contributed by atoms with Crippen molar-refractivity contribution in [2.45, 2.75) is 0 Å². The molecule has 0 unspecified atom stereocenters. The number of rotatable bonds is 5. The van der Waals surface area contributed by atoms with Gasteiger partial charge in [-0.2, -0.15) is 0 Å². The lowest BCUT2D eigenvalue weighted by atomic mass is 10.2. The van der Waals surface area contributed by atoms with E-state index in [-0.39, 0.29) is 5.56 Å². The van der Waals surface area contributed by atoms with Gasteiger partial charge >= 0.3 is 5.97 Å². The zero-order valence-electron chi connectivity index (χ0n) is 10.7. The predicted octanol–water partition coefficient (Wildman–Crippen LogP) is 1.65. The molecular formula is C12H17ClN2O3. The number of nitrogen functional groups attached to an aromatic ring is 1. The van der Waals surface area contributed by atoms with Crippen molar-refractivity contribution in [2.75, 3.05) is 40.1 Å². The van der Waals surface area contributed by atoms with Crippen LogP contribution in [-0.2, 0) is 4.74 Å². The highest BCUT2D eigenvalue weighted by atomic mass is 35.5. The Kier molecular flexibility index (Phi) is 5.25. The zero-order chi connectivity index (χ0) is 13.7. The molecule has 0 amide bonds. The molecule has 0 aliphatic heterocycles. The van der Waals surface area contributed by atoms with Gasteiger partial charge in [0.15, 0.2) is 0 Å². The second-order valence-electron chi connectivity index (χ2n) is 4.01. The van der Waals surface area contributed by atoms with Crippen molar-refractivity contribution < 1.29 is 14.3 Å². The fraction of sp³-hybridized carbons (Fsp3) is 0.417. The second-order valence-corrected chi connectivity index (χ2v) is 4.42. The molecule has 0 heterocycles. The SMILES string of the molecule is COc1cc(N)c(Cl)cc1C(=O)OCCN(C)C. The van der Waals surface area contributed by atoms with E-state index in [1.807, 2.05) is 19.0 Å². The van der Waals surface area contributed by atoms with E-state index in [0.717, 1.165) is 0 Å². The molecule has 18 heavy (non-hydrogen) atoms. The van der Waals surface area contributed by atoms with Gasteiger partial charge in [0.05, 0.1) is 17.8 Å². The van der Waals surface area contributed by atoms with Crippen LogP contribution in [0.5, 0.6) is 5.75 Å². The maximum atomic E-state index is 11.8. The number of esters is 1. The van der Waals surface area contributed by atoms with Crippen LogP contribution in [0.1, 0.15) is 10.4 Å². The van der Waals surface area contributed by atoms with Gasteiger partial charge in [-0.05, 0) is 20.2 Å². The maximum absolute atomic E-state index is 11.8. The number of benzene rings is 1. The lowest BCUT2D eigenvalue weighted by Gasteiger charge is -2.12. The van der Waals surface area contributed by atoms with Gasteiger partial charge in [0.1, 0.15) is 17.9 Å². The van der Waals surface area contributed by atoms with Crippen LogP contribution in [0.25, 0.3) is 0 Å². The Bertz CT molecular complexity index is 436. The smallest absolute Gasteiger partial charge is 0.342 e. The van der Waals surface area contributed by atoms with Crippen LogP contribution in [0.3, 0.4) is 0 Å². The van der Waals surface area contributed by atoms with Gasteiger partial charge in [-0.3, -0.25) is 0 Å². The quantitative estimate of drug-likeness (QED) is 0.652. The Morgan fingerprint density at radius 3 is 2.67 bits per heavy atom. The number of ether oxygens (including phenoxy) is 2. The number of nitrogens with two attached hydrogens (primary N) is 1. The number of carbonyl (C=O) groups excluding carboxylic acids is 1. The minimum atomic E-state index is -0.476. The molecule has 0 fully saturated rings. The first-order valence-corrected chi connectivity index (χ1v) is 5.78. The van der Waals surface area contributed by atoms with Crippen molar-refractivity contribution >= 4 is 23.3 Å². The molecule has 0 radical (unpaired) electrons. The summed E-state index contributed by atoms with van der Waals surface area (Å²) in [5.41, 5.74) is 6.27. The number of nitrogens with zero attached hydrogens (tertiary/aromatic N) is 1. The van der Waals surface area contributed by atoms with Crippen molar-refractivity contribution in [3.63, 3.8) is 0 Å². The van der Waals surface area contributed by atoms with E-state index in [1.165, 1.54) is 19.2 Å². The minimum Gasteiger partial charge on any atom is -0.496 e. The summed E-state index contributed by atoms with van der Waals surface area (Å²) < 4.78 is 10.2. The molecule has 6 heteroatoms. The van der Waals surface area contributed by atoms with Crippen LogP contribution in [0.4, 0.5) is 5.69 Å². The van der Waals surface area contributed by atoms with Crippen LogP contribution >= 0.6 is 11.6 Å². The summed E-state index contributed by atoms with van der Waals surface area (Å²) in [6.07, 6.45) is 0. The normalized spacial score (nSPS) is 10.5. The highest BCUT2D eigenvalue weighted by Gasteiger charge is 2.16. The van der Waals surface area contributed by atoms with Crippen molar-refractivity contribution in [1.29, 1.82) is 0 Å². The van der Waals surface area contributed by atoms with Crippen LogP contribution in [-0.4, -0.2) is 45.2 Å². The molecule has 0 bridgehead atoms. The number of anilines is 1. The molecule has 0 saturated carbocycles. The van der Waals surface area contributed by atoms with Gasteiger partial charge in [-0.15, -0.1) is 0 Å². The van der Waals surface area contributed by atoms with Gasteiger partial charge in [-0.1, -0.05) is 11.6 Å². The van der Waals surface area contributed by atoms with Crippen molar-refractivity contribution in [1.82, 2.24) is 4.90 Å². The lowest BCUT2D eigenvalue weighted by Crippen LogP contribution is -2.20. The van der Waals surface area contributed by atoms with E-state index in [2.05, 4.69) is 0 Å². The van der Waals surface area contributed by atoms with E-state index >= 15 is 0 Å². The van der Waals surface area contributed by atoms with E-state index in [9.17, 15) is 4.79 Å². The Morgan fingerprint density at radius 2 is 2.11 bits per heavy atom. The number of hydrogen-bond acceptors (Lipinski definition) is 5. The zero-order valence-corrected chi connectivity index (χ0v) is 11.5. The molecule has 2 N–H and O–H groups in total. The number of likely N-dealkylation sites (N-methyl/N-ethyl adjacent to an activating group) is 1. The summed E-state index contributed by atoms with van der Waals surface area (Å²) in [5, 5.41) is 0.301. The fourth-order valence-corrected chi connectivity index (χ4v) is 1.46. The number of halogens is 1. The Morgan fingerprint density at radius 1 is 1.44 bits per heavy atom. The van der Waals surface area contributed by atoms with Crippen LogP contribution in [0.2, 0.25) is 5.02 Å². The lowest BCUT2D eigenvalue weighted by molar-refractivity contribution is 0.0478. The molecule has 5 nitrogen and oxygen atoms in total. The number of hydrogen-bond donors (Lipinski definition) is 1. The topological polar surface area (TPSA) is 64.8 Å².